The van der Waals surface area contributed by atoms with E-state index in [4.69, 9.17) is 4.74 Å². The van der Waals surface area contributed by atoms with Crippen molar-refractivity contribution in [3.05, 3.63) is 71.3 Å². The summed E-state index contributed by atoms with van der Waals surface area (Å²) in [4.78, 5) is 38.9. The van der Waals surface area contributed by atoms with Gasteiger partial charge in [-0.25, -0.2) is 4.79 Å². The van der Waals surface area contributed by atoms with Crippen LogP contribution < -0.4 is 0 Å². The number of carbonyl (C=O) groups is 3. The van der Waals surface area contributed by atoms with Crippen LogP contribution in [0.25, 0.3) is 0 Å². The van der Waals surface area contributed by atoms with Crippen molar-refractivity contribution in [2.24, 2.45) is 0 Å². The second-order valence-electron chi connectivity index (χ2n) is 6.78. The molecule has 27 heavy (non-hydrogen) atoms. The number of Topliss-reactive ketones (excluding diaryl/α,β-unsaturated/α-hetero) is 1. The van der Waals surface area contributed by atoms with Gasteiger partial charge >= 0.3 is 5.97 Å². The summed E-state index contributed by atoms with van der Waals surface area (Å²) >= 11 is 0. The van der Waals surface area contributed by atoms with Crippen LogP contribution in [0.3, 0.4) is 0 Å². The summed E-state index contributed by atoms with van der Waals surface area (Å²) in [6, 6.07) is 16.2. The van der Waals surface area contributed by atoms with Gasteiger partial charge in [-0.15, -0.1) is 0 Å². The van der Waals surface area contributed by atoms with E-state index in [1.54, 1.807) is 0 Å². The summed E-state index contributed by atoms with van der Waals surface area (Å²) in [6.07, 6.45) is 1.26. The molecule has 0 aliphatic carbocycles. The number of hydrogen-bond donors (Lipinski definition) is 0. The number of ketones is 1. The van der Waals surface area contributed by atoms with Crippen LogP contribution in [-0.2, 0) is 32.1 Å². The fourth-order valence-corrected chi connectivity index (χ4v) is 3.30. The van der Waals surface area contributed by atoms with Crippen molar-refractivity contribution in [1.82, 2.24) is 4.90 Å². The van der Waals surface area contributed by atoms with E-state index in [9.17, 15) is 14.4 Å². The predicted molar refractivity (Wildman–Crippen MR) is 101 cm³/mol. The van der Waals surface area contributed by atoms with Gasteiger partial charge in [-0.2, -0.15) is 0 Å². The lowest BCUT2D eigenvalue weighted by Gasteiger charge is -2.22. The summed E-state index contributed by atoms with van der Waals surface area (Å²) < 4.78 is 5.37. The number of rotatable bonds is 6. The Morgan fingerprint density at radius 1 is 1.04 bits per heavy atom. The highest BCUT2D eigenvalue weighted by Crippen LogP contribution is 2.20. The first kappa shape index (κ1) is 18.8. The molecule has 5 nitrogen and oxygen atoms in total. The van der Waals surface area contributed by atoms with Crippen molar-refractivity contribution in [2.45, 2.75) is 38.8 Å². The van der Waals surface area contributed by atoms with E-state index in [1.165, 1.54) is 4.90 Å². The maximum absolute atomic E-state index is 12.6. The highest BCUT2D eigenvalue weighted by molar-refractivity contribution is 6.37. The van der Waals surface area contributed by atoms with Gasteiger partial charge in [0.15, 0.2) is 0 Å². The quantitative estimate of drug-likeness (QED) is 0.583. The maximum atomic E-state index is 12.6. The van der Waals surface area contributed by atoms with Gasteiger partial charge in [0.1, 0.15) is 12.6 Å². The van der Waals surface area contributed by atoms with Crippen molar-refractivity contribution in [3.63, 3.8) is 0 Å². The molecule has 0 N–H and O–H groups in total. The molecule has 1 atom stereocenters. The molecular formula is C22H23NO4. The third kappa shape index (κ3) is 4.61. The Bertz CT molecular complexity index is 831. The Morgan fingerprint density at radius 2 is 1.74 bits per heavy atom. The average Bonchev–Trinajstić information content (AvgIpc) is 3.18. The van der Waals surface area contributed by atoms with Crippen molar-refractivity contribution < 1.29 is 19.1 Å². The number of nitrogens with zero attached hydrogens (tertiary/aromatic N) is 1. The van der Waals surface area contributed by atoms with Crippen LogP contribution in [0.2, 0.25) is 0 Å². The summed E-state index contributed by atoms with van der Waals surface area (Å²) in [7, 11) is 0. The SMILES string of the molecule is Cc1ccccc1CC(=O)C(=O)N1CCC[C@H]1C(=O)OCc1ccccc1. The normalized spacial score (nSPS) is 16.2. The second-order valence-corrected chi connectivity index (χ2v) is 6.78. The lowest BCUT2D eigenvalue weighted by molar-refractivity contribution is -0.156. The zero-order valence-corrected chi connectivity index (χ0v) is 15.4. The molecule has 1 aliphatic heterocycles. The van der Waals surface area contributed by atoms with E-state index in [-0.39, 0.29) is 13.0 Å². The molecule has 0 spiro atoms. The average molecular weight is 365 g/mol. The molecule has 1 aliphatic rings. The molecule has 3 rings (SSSR count). The number of hydrogen-bond acceptors (Lipinski definition) is 4. The van der Waals surface area contributed by atoms with Gasteiger partial charge in [0, 0.05) is 13.0 Å². The summed E-state index contributed by atoms with van der Waals surface area (Å²) in [6.45, 7) is 2.48. The first-order valence-corrected chi connectivity index (χ1v) is 9.15. The topological polar surface area (TPSA) is 63.7 Å². The van der Waals surface area contributed by atoms with Crippen molar-refractivity contribution in [3.8, 4) is 0 Å². The van der Waals surface area contributed by atoms with Crippen molar-refractivity contribution in [1.29, 1.82) is 0 Å². The van der Waals surface area contributed by atoms with Gasteiger partial charge in [-0.05, 0) is 36.5 Å². The predicted octanol–water partition coefficient (Wildman–Crippen LogP) is 2.84. The minimum atomic E-state index is -0.679. The Balaban J connectivity index is 1.61. The maximum Gasteiger partial charge on any atom is 0.329 e. The zero-order chi connectivity index (χ0) is 19.2. The minimum Gasteiger partial charge on any atom is -0.459 e. The summed E-state index contributed by atoms with van der Waals surface area (Å²) in [5.74, 6) is -1.54. The largest absolute Gasteiger partial charge is 0.459 e. The number of likely N-dealkylation sites (tertiary alicyclic amines) is 1. The third-order valence-corrected chi connectivity index (χ3v) is 4.86. The second kappa shape index (κ2) is 8.62. The van der Waals surface area contributed by atoms with E-state index in [0.29, 0.717) is 19.4 Å². The molecule has 1 heterocycles. The number of aryl methyl sites for hydroxylation is 1. The molecule has 0 radical (unpaired) electrons. The van der Waals surface area contributed by atoms with E-state index in [0.717, 1.165) is 16.7 Å². The highest BCUT2D eigenvalue weighted by atomic mass is 16.5. The van der Waals surface area contributed by atoms with E-state index >= 15 is 0 Å². The molecule has 140 valence electrons. The Hall–Kier alpha value is -2.95. The standard InChI is InChI=1S/C22H23NO4/c1-16-8-5-6-11-18(16)14-20(24)21(25)23-13-7-12-19(23)22(26)27-15-17-9-3-2-4-10-17/h2-6,8-11,19H,7,12-15H2,1H3/t19-/m0/s1. The van der Waals surface area contributed by atoms with Crippen LogP contribution in [0.5, 0.6) is 0 Å². The van der Waals surface area contributed by atoms with Gasteiger partial charge in [0.25, 0.3) is 5.91 Å². The third-order valence-electron chi connectivity index (χ3n) is 4.86. The number of amides is 1. The van der Waals surface area contributed by atoms with E-state index in [1.807, 2.05) is 61.5 Å². The first-order valence-electron chi connectivity index (χ1n) is 9.15. The zero-order valence-electron chi connectivity index (χ0n) is 15.4. The first-order chi connectivity index (χ1) is 13.1. The molecule has 1 amide bonds. The Morgan fingerprint density at radius 3 is 2.48 bits per heavy atom. The molecule has 2 aromatic carbocycles. The number of esters is 1. The van der Waals surface area contributed by atoms with Gasteiger partial charge in [0.2, 0.25) is 5.78 Å². The molecule has 2 aromatic rings. The molecule has 1 fully saturated rings. The van der Waals surface area contributed by atoms with E-state index < -0.39 is 23.7 Å². The van der Waals surface area contributed by atoms with Crippen LogP contribution in [0.15, 0.2) is 54.6 Å². The van der Waals surface area contributed by atoms with Gasteiger partial charge < -0.3 is 9.64 Å². The fraction of sp³-hybridized carbons (Fsp3) is 0.318. The van der Waals surface area contributed by atoms with Gasteiger partial charge in [-0.3, -0.25) is 9.59 Å². The molecule has 0 saturated carbocycles. The van der Waals surface area contributed by atoms with Crippen LogP contribution >= 0.6 is 0 Å². The van der Waals surface area contributed by atoms with E-state index in [2.05, 4.69) is 0 Å². The lowest BCUT2D eigenvalue weighted by atomic mass is 10.0. The summed E-state index contributed by atoms with van der Waals surface area (Å²) in [5, 5.41) is 0. The minimum absolute atomic E-state index is 0.0494. The van der Waals surface area contributed by atoms with Crippen LogP contribution in [-0.4, -0.2) is 35.1 Å². The smallest absolute Gasteiger partial charge is 0.329 e. The number of benzene rings is 2. The van der Waals surface area contributed by atoms with Crippen molar-refractivity contribution in [2.75, 3.05) is 6.54 Å². The molecule has 1 saturated heterocycles. The van der Waals surface area contributed by atoms with Crippen LogP contribution in [0.4, 0.5) is 0 Å². The lowest BCUT2D eigenvalue weighted by Crippen LogP contribution is -2.45. The molecular weight excluding hydrogens is 342 g/mol. The van der Waals surface area contributed by atoms with Crippen LogP contribution in [0.1, 0.15) is 29.5 Å². The van der Waals surface area contributed by atoms with Crippen molar-refractivity contribution >= 4 is 17.7 Å². The van der Waals surface area contributed by atoms with Gasteiger partial charge in [-0.1, -0.05) is 54.6 Å². The highest BCUT2D eigenvalue weighted by Gasteiger charge is 2.37. The summed E-state index contributed by atoms with van der Waals surface area (Å²) in [5.41, 5.74) is 2.69. The van der Waals surface area contributed by atoms with Gasteiger partial charge in [0.05, 0.1) is 0 Å². The fourth-order valence-electron chi connectivity index (χ4n) is 3.30. The number of carbonyl (C=O) groups excluding carboxylic acids is 3. The monoisotopic (exact) mass is 365 g/mol. The Kier molecular flexibility index (Phi) is 6.01. The molecule has 0 unspecified atom stereocenters. The molecule has 5 heteroatoms. The molecule has 0 bridgehead atoms. The van der Waals surface area contributed by atoms with Crippen LogP contribution in [0, 0.1) is 6.92 Å². The Labute approximate surface area is 158 Å². The number of ether oxygens (including phenoxy) is 1. The molecule has 0 aromatic heterocycles.